The molecule has 1 aliphatic rings. The number of amides is 1. The van der Waals surface area contributed by atoms with Gasteiger partial charge in [0, 0.05) is 5.56 Å². The number of hydrogen-bond donors (Lipinski definition) is 3. The van der Waals surface area contributed by atoms with Gasteiger partial charge in [0.05, 0.1) is 10.6 Å². The van der Waals surface area contributed by atoms with Crippen LogP contribution in [0.2, 0.25) is 0 Å². The molecule has 0 aromatic heterocycles. The molecule has 1 fully saturated rings. The van der Waals surface area contributed by atoms with Gasteiger partial charge in [-0.1, -0.05) is 131 Å². The van der Waals surface area contributed by atoms with Crippen LogP contribution >= 0.6 is 0 Å². The third-order valence-corrected chi connectivity index (χ3v) is 9.55. The van der Waals surface area contributed by atoms with Gasteiger partial charge in [-0.15, -0.1) is 0 Å². The zero-order valence-electron chi connectivity index (χ0n) is 29.0. The second-order valence-electron chi connectivity index (χ2n) is 12.5. The molecule has 1 atom stereocenters. The SMILES string of the molecule is CC1(c2ccc(Oc3ccccc3)cc2)OC(=O)N(Nc2ccccc2)C1=N.CCCCCCCCCCCCc1ccccc1S(=O)(=O)O. The lowest BCUT2D eigenvalue weighted by molar-refractivity contribution is 0.0892. The molecule has 5 rings (SSSR count). The zero-order chi connectivity index (χ0) is 35.8. The fraction of sp³-hybridized carbons (Fsp3) is 0.350. The van der Waals surface area contributed by atoms with Crippen LogP contribution in [0.1, 0.15) is 89.2 Å². The molecule has 0 saturated carbocycles. The van der Waals surface area contributed by atoms with E-state index < -0.39 is 21.8 Å². The van der Waals surface area contributed by atoms with Gasteiger partial charge < -0.3 is 9.47 Å². The van der Waals surface area contributed by atoms with Crippen molar-refractivity contribution >= 4 is 27.7 Å². The summed E-state index contributed by atoms with van der Waals surface area (Å²) < 4.78 is 43.1. The summed E-state index contributed by atoms with van der Waals surface area (Å²) in [7, 11) is -4.10. The summed E-state index contributed by atoms with van der Waals surface area (Å²) >= 11 is 0. The molecule has 0 bridgehead atoms. The maximum absolute atomic E-state index is 12.4. The van der Waals surface area contributed by atoms with Gasteiger partial charge in [0.25, 0.3) is 10.1 Å². The fourth-order valence-electron chi connectivity index (χ4n) is 5.74. The summed E-state index contributed by atoms with van der Waals surface area (Å²) in [4.78, 5) is 12.4. The number of hydrogen-bond acceptors (Lipinski definition) is 7. The molecule has 1 aliphatic heterocycles. The van der Waals surface area contributed by atoms with E-state index >= 15 is 0 Å². The Balaban J connectivity index is 0.000000233. The predicted octanol–water partition coefficient (Wildman–Crippen LogP) is 10.5. The van der Waals surface area contributed by atoms with Crippen molar-refractivity contribution in [3.05, 3.63) is 120 Å². The molecule has 1 saturated heterocycles. The highest BCUT2D eigenvalue weighted by Gasteiger charge is 2.49. The molecular formula is C40H49N3O6S. The van der Waals surface area contributed by atoms with E-state index in [1.54, 1.807) is 43.3 Å². The summed E-state index contributed by atoms with van der Waals surface area (Å²) in [5, 5.41) is 9.61. The van der Waals surface area contributed by atoms with Crippen LogP contribution in [-0.4, -0.2) is 29.9 Å². The number of aryl methyl sites for hydroxylation is 1. The van der Waals surface area contributed by atoms with Crippen molar-refractivity contribution < 1.29 is 27.2 Å². The van der Waals surface area contributed by atoms with Gasteiger partial charge in [-0.2, -0.15) is 13.4 Å². The summed E-state index contributed by atoms with van der Waals surface area (Å²) in [5.74, 6) is 1.41. The molecule has 266 valence electrons. The van der Waals surface area contributed by atoms with E-state index in [9.17, 15) is 17.8 Å². The fourth-order valence-corrected chi connectivity index (χ4v) is 6.49. The van der Waals surface area contributed by atoms with Crippen molar-refractivity contribution in [3.8, 4) is 11.5 Å². The van der Waals surface area contributed by atoms with Crippen LogP contribution < -0.4 is 10.2 Å². The number of benzene rings is 4. The number of nitrogens with one attached hydrogen (secondary N) is 2. The first-order valence-corrected chi connectivity index (χ1v) is 18.9. The average Bonchev–Trinajstić information content (AvgIpc) is 3.33. The third kappa shape index (κ3) is 11.2. The summed E-state index contributed by atoms with van der Waals surface area (Å²) in [6.07, 6.45) is 12.7. The number of hydrazine groups is 1. The second kappa shape index (κ2) is 18.9. The van der Waals surface area contributed by atoms with Crippen molar-refractivity contribution in [1.82, 2.24) is 5.01 Å². The average molecular weight is 700 g/mol. The molecule has 0 spiro atoms. The van der Waals surface area contributed by atoms with Crippen LogP contribution in [0.15, 0.2) is 114 Å². The molecule has 9 nitrogen and oxygen atoms in total. The molecule has 0 aliphatic carbocycles. The Labute approximate surface area is 296 Å². The van der Waals surface area contributed by atoms with Crippen molar-refractivity contribution in [2.24, 2.45) is 0 Å². The molecule has 1 amide bonds. The topological polar surface area (TPSA) is 129 Å². The highest BCUT2D eigenvalue weighted by molar-refractivity contribution is 7.85. The Kier molecular flexibility index (Phi) is 14.4. The van der Waals surface area contributed by atoms with Crippen LogP contribution in [0, 0.1) is 5.41 Å². The Bertz CT molecular complexity index is 1750. The molecule has 3 N–H and O–H groups in total. The minimum absolute atomic E-state index is 0.0121. The van der Waals surface area contributed by atoms with E-state index in [2.05, 4.69) is 12.3 Å². The van der Waals surface area contributed by atoms with Crippen LogP contribution in [0.4, 0.5) is 10.5 Å². The lowest BCUT2D eigenvalue weighted by atomic mass is 9.95. The number of cyclic esters (lactones) is 1. The molecule has 0 radical (unpaired) electrons. The third-order valence-electron chi connectivity index (χ3n) is 8.60. The normalized spacial score (nSPS) is 15.6. The number of rotatable bonds is 17. The standard InChI is InChI=1S/C22H19N3O3.C18H30O3S/c1-22(16-12-14-19(15-13-16)27-18-10-6-3-7-11-18)20(23)25(21(26)28-22)24-17-8-4-2-5-9-17;1-2-3-4-5-6-7-8-9-10-11-14-17-15-12-13-16-18(17)22(19,20)21/h2-15,23-24H,1H3;12-13,15-16H,2-11,14H2,1H3,(H,19,20,21). The Morgan fingerprint density at radius 3 is 1.86 bits per heavy atom. The smallest absolute Gasteiger partial charge is 0.436 e. The number of amidine groups is 1. The summed E-state index contributed by atoms with van der Waals surface area (Å²) in [5.41, 5.74) is 3.83. The van der Waals surface area contributed by atoms with E-state index in [-0.39, 0.29) is 10.7 Å². The number of carbonyl (C=O) groups excluding carboxylic acids is 1. The van der Waals surface area contributed by atoms with Gasteiger partial charge in [0.1, 0.15) is 11.5 Å². The molecule has 4 aromatic carbocycles. The highest BCUT2D eigenvalue weighted by Crippen LogP contribution is 2.36. The first-order chi connectivity index (χ1) is 24.1. The van der Waals surface area contributed by atoms with E-state index in [1.807, 2.05) is 66.7 Å². The largest absolute Gasteiger partial charge is 0.457 e. The van der Waals surface area contributed by atoms with Gasteiger partial charge in [-0.25, -0.2) is 4.79 Å². The van der Waals surface area contributed by atoms with Gasteiger partial charge in [-0.05, 0) is 67.8 Å². The Hall–Kier alpha value is -4.67. The molecular weight excluding hydrogens is 651 g/mol. The lowest BCUT2D eigenvalue weighted by Gasteiger charge is -2.23. The van der Waals surface area contributed by atoms with E-state index in [0.717, 1.165) is 29.2 Å². The molecule has 4 aromatic rings. The number of ether oxygens (including phenoxy) is 2. The van der Waals surface area contributed by atoms with Crippen LogP contribution in [0.3, 0.4) is 0 Å². The summed E-state index contributed by atoms with van der Waals surface area (Å²) in [6, 6.07) is 32.6. The number of para-hydroxylation sites is 2. The van der Waals surface area contributed by atoms with E-state index in [0.29, 0.717) is 23.4 Å². The van der Waals surface area contributed by atoms with Crippen molar-refractivity contribution in [2.75, 3.05) is 5.43 Å². The molecule has 50 heavy (non-hydrogen) atoms. The zero-order valence-corrected chi connectivity index (χ0v) is 29.8. The van der Waals surface area contributed by atoms with Crippen LogP contribution in [-0.2, 0) is 26.9 Å². The lowest BCUT2D eigenvalue weighted by Crippen LogP contribution is -2.39. The monoisotopic (exact) mass is 699 g/mol. The van der Waals surface area contributed by atoms with Crippen LogP contribution in [0.5, 0.6) is 11.5 Å². The number of unbranched alkanes of at least 4 members (excludes halogenated alkanes) is 9. The van der Waals surface area contributed by atoms with Gasteiger partial charge in [0.15, 0.2) is 11.4 Å². The molecule has 1 heterocycles. The first kappa shape index (κ1) is 38.1. The second-order valence-corrected chi connectivity index (χ2v) is 13.9. The maximum Gasteiger partial charge on any atom is 0.436 e. The molecule has 1 unspecified atom stereocenters. The van der Waals surface area contributed by atoms with Crippen LogP contribution in [0.25, 0.3) is 0 Å². The van der Waals surface area contributed by atoms with Crippen molar-refractivity contribution in [2.45, 2.75) is 95.0 Å². The Morgan fingerprint density at radius 2 is 1.26 bits per heavy atom. The van der Waals surface area contributed by atoms with Gasteiger partial charge in [-0.3, -0.25) is 15.4 Å². The minimum Gasteiger partial charge on any atom is -0.457 e. The van der Waals surface area contributed by atoms with Crippen molar-refractivity contribution in [1.29, 1.82) is 5.41 Å². The quantitative estimate of drug-likeness (QED) is 0.0739. The Morgan fingerprint density at radius 1 is 0.740 bits per heavy atom. The van der Waals surface area contributed by atoms with E-state index in [1.165, 1.54) is 57.4 Å². The van der Waals surface area contributed by atoms with Gasteiger partial charge in [0.2, 0.25) is 0 Å². The molecule has 10 heteroatoms. The highest BCUT2D eigenvalue weighted by atomic mass is 32.2. The van der Waals surface area contributed by atoms with Crippen molar-refractivity contribution in [3.63, 3.8) is 0 Å². The number of nitrogens with zero attached hydrogens (tertiary/aromatic N) is 1. The first-order valence-electron chi connectivity index (χ1n) is 17.4. The number of carbonyl (C=O) groups is 1. The predicted molar refractivity (Wildman–Crippen MR) is 198 cm³/mol. The minimum atomic E-state index is -4.10. The maximum atomic E-state index is 12.4. The summed E-state index contributed by atoms with van der Waals surface area (Å²) in [6.45, 7) is 3.94. The van der Waals surface area contributed by atoms with E-state index in [4.69, 9.17) is 14.9 Å². The number of anilines is 1. The van der Waals surface area contributed by atoms with Gasteiger partial charge >= 0.3 is 6.09 Å².